The molecule has 28 heavy (non-hydrogen) atoms. The lowest BCUT2D eigenvalue weighted by molar-refractivity contribution is -0.0496. The van der Waals surface area contributed by atoms with Gasteiger partial charge in [0.15, 0.2) is 5.96 Å². The summed E-state index contributed by atoms with van der Waals surface area (Å²) in [5.41, 5.74) is -5.22. The van der Waals surface area contributed by atoms with Crippen molar-refractivity contribution in [2.45, 2.75) is 56.9 Å². The van der Waals surface area contributed by atoms with Crippen LogP contribution in [0.15, 0.2) is 4.99 Å². The molecule has 0 aromatic carbocycles. The van der Waals surface area contributed by atoms with E-state index in [-0.39, 0.29) is 43.0 Å². The average molecular weight is 540 g/mol. The average Bonchev–Trinajstić information content (AvgIpc) is 3.14. The molecule has 0 radical (unpaired) electrons. The van der Waals surface area contributed by atoms with Gasteiger partial charge >= 0.3 is 15.5 Å². The monoisotopic (exact) mass is 540 g/mol. The van der Waals surface area contributed by atoms with Crippen molar-refractivity contribution in [3.63, 3.8) is 0 Å². The van der Waals surface area contributed by atoms with Crippen molar-refractivity contribution < 1.29 is 21.6 Å². The summed E-state index contributed by atoms with van der Waals surface area (Å²) >= 11 is 0. The van der Waals surface area contributed by atoms with Crippen LogP contribution < -0.4 is 10.6 Å². The minimum atomic E-state index is -5.22. The van der Waals surface area contributed by atoms with Crippen molar-refractivity contribution in [1.82, 2.24) is 14.9 Å². The summed E-state index contributed by atoms with van der Waals surface area (Å²) in [6, 6.07) is 0. The SMILES string of the molecule is CN=C(NCCCC1CCCC1)NCC1CCN(S(=O)(=O)C(F)(F)F)CC1.I. The van der Waals surface area contributed by atoms with E-state index in [9.17, 15) is 21.6 Å². The highest BCUT2D eigenvalue weighted by Gasteiger charge is 2.50. The summed E-state index contributed by atoms with van der Waals surface area (Å²) in [5.74, 6) is 1.67. The standard InChI is InChI=1S/C17H31F3N4O2S.HI/c1-21-16(22-10-4-7-14-5-2-3-6-14)23-13-15-8-11-24(12-9-15)27(25,26)17(18,19)20;/h14-15H,2-13H2,1H3,(H2,21,22,23);1H. The Labute approximate surface area is 183 Å². The Morgan fingerprint density at radius 3 is 2.21 bits per heavy atom. The molecule has 2 N–H and O–H groups in total. The number of hydrogen-bond donors (Lipinski definition) is 2. The molecule has 1 heterocycles. The number of guanidine groups is 1. The fourth-order valence-corrected chi connectivity index (χ4v) is 4.84. The van der Waals surface area contributed by atoms with E-state index in [0.29, 0.717) is 29.7 Å². The lowest BCUT2D eigenvalue weighted by atomic mass is 9.98. The molecule has 1 aliphatic heterocycles. The first-order valence-electron chi connectivity index (χ1n) is 9.75. The molecule has 11 heteroatoms. The number of nitrogens with one attached hydrogen (secondary N) is 2. The van der Waals surface area contributed by atoms with Crippen LogP contribution in [0.2, 0.25) is 0 Å². The van der Waals surface area contributed by atoms with Crippen molar-refractivity contribution in [1.29, 1.82) is 0 Å². The first-order chi connectivity index (χ1) is 12.7. The molecule has 0 amide bonds. The van der Waals surface area contributed by atoms with Crippen LogP contribution in [0, 0.1) is 11.8 Å². The van der Waals surface area contributed by atoms with Gasteiger partial charge in [-0.05, 0) is 37.5 Å². The molecule has 0 unspecified atom stereocenters. The molecule has 0 spiro atoms. The number of hydrogen-bond acceptors (Lipinski definition) is 3. The van der Waals surface area contributed by atoms with Gasteiger partial charge in [0, 0.05) is 33.2 Å². The van der Waals surface area contributed by atoms with Crippen LogP contribution in [0.25, 0.3) is 0 Å². The number of piperidine rings is 1. The fourth-order valence-electron chi connectivity index (χ4n) is 3.86. The number of nitrogens with zero attached hydrogens (tertiary/aromatic N) is 2. The smallest absolute Gasteiger partial charge is 0.356 e. The van der Waals surface area contributed by atoms with E-state index in [1.54, 1.807) is 7.05 Å². The molecule has 2 aliphatic rings. The van der Waals surface area contributed by atoms with E-state index < -0.39 is 15.5 Å². The molecule has 6 nitrogen and oxygen atoms in total. The highest BCUT2D eigenvalue weighted by molar-refractivity contribution is 14.0. The van der Waals surface area contributed by atoms with Gasteiger partial charge in [0.1, 0.15) is 0 Å². The maximum Gasteiger partial charge on any atom is 0.511 e. The highest BCUT2D eigenvalue weighted by atomic mass is 127. The zero-order chi connectivity index (χ0) is 19.9. The van der Waals surface area contributed by atoms with Crippen LogP contribution in [0.3, 0.4) is 0 Å². The van der Waals surface area contributed by atoms with E-state index in [4.69, 9.17) is 0 Å². The number of rotatable bonds is 7. The molecule has 166 valence electrons. The van der Waals surface area contributed by atoms with E-state index in [0.717, 1.165) is 18.9 Å². The van der Waals surface area contributed by atoms with Crippen molar-refractivity contribution in [2.75, 3.05) is 33.2 Å². The molecule has 0 bridgehead atoms. The zero-order valence-electron chi connectivity index (χ0n) is 16.3. The third-order valence-electron chi connectivity index (χ3n) is 5.54. The third-order valence-corrected chi connectivity index (χ3v) is 7.17. The first-order valence-corrected chi connectivity index (χ1v) is 11.2. The summed E-state index contributed by atoms with van der Waals surface area (Å²) < 4.78 is 61.2. The normalized spacial score (nSPS) is 20.8. The Kier molecular flexibility index (Phi) is 10.8. The summed E-state index contributed by atoms with van der Waals surface area (Å²) in [6.07, 6.45) is 8.53. The largest absolute Gasteiger partial charge is 0.511 e. The van der Waals surface area contributed by atoms with Crippen LogP contribution in [0.4, 0.5) is 13.2 Å². The number of sulfonamides is 1. The van der Waals surface area contributed by atoms with Crippen LogP contribution in [0.1, 0.15) is 51.4 Å². The van der Waals surface area contributed by atoms with Crippen molar-refractivity contribution >= 4 is 40.0 Å². The minimum absolute atomic E-state index is 0. The Balaban J connectivity index is 0.00000392. The van der Waals surface area contributed by atoms with Crippen molar-refractivity contribution in [2.24, 2.45) is 16.8 Å². The predicted molar refractivity (Wildman–Crippen MR) is 115 cm³/mol. The molecule has 1 aliphatic carbocycles. The van der Waals surface area contributed by atoms with Crippen LogP contribution in [-0.2, 0) is 10.0 Å². The minimum Gasteiger partial charge on any atom is -0.356 e. The molecule has 2 rings (SSSR count). The second-order valence-corrected chi connectivity index (χ2v) is 9.40. The van der Waals surface area contributed by atoms with E-state index in [1.807, 2.05) is 0 Å². The molecule has 0 aromatic rings. The molecule has 0 atom stereocenters. The maximum absolute atomic E-state index is 12.6. The van der Waals surface area contributed by atoms with Gasteiger partial charge in [-0.1, -0.05) is 25.7 Å². The molecular weight excluding hydrogens is 508 g/mol. The Hall–Kier alpha value is -0.300. The van der Waals surface area contributed by atoms with Gasteiger partial charge in [-0.15, -0.1) is 24.0 Å². The first kappa shape index (κ1) is 25.7. The zero-order valence-corrected chi connectivity index (χ0v) is 19.4. The Bertz CT molecular complexity index is 588. The Morgan fingerprint density at radius 2 is 1.68 bits per heavy atom. The maximum atomic E-state index is 12.6. The van der Waals surface area contributed by atoms with Gasteiger partial charge < -0.3 is 10.6 Å². The molecule has 1 saturated heterocycles. The van der Waals surface area contributed by atoms with Gasteiger partial charge in [-0.3, -0.25) is 4.99 Å². The fraction of sp³-hybridized carbons (Fsp3) is 0.941. The van der Waals surface area contributed by atoms with E-state index in [1.165, 1.54) is 32.1 Å². The predicted octanol–water partition coefficient (Wildman–Crippen LogP) is 3.30. The molecule has 1 saturated carbocycles. The topological polar surface area (TPSA) is 73.8 Å². The van der Waals surface area contributed by atoms with E-state index in [2.05, 4.69) is 15.6 Å². The number of halogens is 4. The lowest BCUT2D eigenvalue weighted by Gasteiger charge is -2.31. The van der Waals surface area contributed by atoms with Gasteiger partial charge in [0.2, 0.25) is 0 Å². The third kappa shape index (κ3) is 7.51. The van der Waals surface area contributed by atoms with Crippen LogP contribution >= 0.6 is 24.0 Å². The number of aliphatic imine (C=N–C) groups is 1. The van der Waals surface area contributed by atoms with Crippen molar-refractivity contribution in [3.8, 4) is 0 Å². The summed E-state index contributed by atoms with van der Waals surface area (Å²) in [7, 11) is -3.52. The second-order valence-electron chi connectivity index (χ2n) is 7.47. The summed E-state index contributed by atoms with van der Waals surface area (Å²) in [6.45, 7) is 1.23. The van der Waals surface area contributed by atoms with Gasteiger partial charge in [0.05, 0.1) is 0 Å². The lowest BCUT2D eigenvalue weighted by Crippen LogP contribution is -2.47. The Morgan fingerprint density at radius 1 is 1.07 bits per heavy atom. The van der Waals surface area contributed by atoms with Crippen molar-refractivity contribution in [3.05, 3.63) is 0 Å². The van der Waals surface area contributed by atoms with Crippen LogP contribution in [0.5, 0.6) is 0 Å². The second kappa shape index (κ2) is 11.8. The number of alkyl halides is 3. The summed E-state index contributed by atoms with van der Waals surface area (Å²) in [5, 5.41) is 6.47. The van der Waals surface area contributed by atoms with Gasteiger partial charge in [-0.2, -0.15) is 17.5 Å². The molecule has 2 fully saturated rings. The molecular formula is C17H32F3IN4O2S. The van der Waals surface area contributed by atoms with Gasteiger partial charge in [0.25, 0.3) is 0 Å². The summed E-state index contributed by atoms with van der Waals surface area (Å²) in [4.78, 5) is 4.17. The van der Waals surface area contributed by atoms with Crippen LogP contribution in [-0.4, -0.2) is 57.4 Å². The quantitative estimate of drug-likeness (QED) is 0.225. The van der Waals surface area contributed by atoms with Gasteiger partial charge in [-0.25, -0.2) is 8.42 Å². The highest BCUT2D eigenvalue weighted by Crippen LogP contribution is 2.30. The molecule has 0 aromatic heterocycles. The van der Waals surface area contributed by atoms with E-state index >= 15 is 0 Å².